The third-order valence-electron chi connectivity index (χ3n) is 3.22. The van der Waals surface area contributed by atoms with Crippen molar-refractivity contribution in [3.05, 3.63) is 60.2 Å². The van der Waals surface area contributed by atoms with Crippen LogP contribution in [0.3, 0.4) is 0 Å². The Morgan fingerprint density at radius 3 is 2.92 bits per heavy atom. The second-order valence-electron chi connectivity index (χ2n) is 5.03. The van der Waals surface area contributed by atoms with Gasteiger partial charge in [-0.3, -0.25) is 9.78 Å². The molecule has 3 aromatic heterocycles. The number of carbonyl (C=O) groups excluding carboxylic acids is 1. The van der Waals surface area contributed by atoms with Crippen molar-refractivity contribution in [3.8, 4) is 0 Å². The molecule has 0 bridgehead atoms. The zero-order valence-corrected chi connectivity index (χ0v) is 13.0. The largest absolute Gasteiger partial charge is 0.448 e. The highest BCUT2D eigenvalue weighted by Crippen LogP contribution is 2.16. The first-order valence-corrected chi connectivity index (χ1v) is 7.24. The zero-order valence-electron chi connectivity index (χ0n) is 13.0. The number of anilines is 3. The van der Waals surface area contributed by atoms with Gasteiger partial charge in [0, 0.05) is 25.0 Å². The first-order valence-electron chi connectivity index (χ1n) is 7.24. The number of pyridine rings is 2. The van der Waals surface area contributed by atoms with E-state index in [2.05, 4.69) is 25.6 Å². The Balaban J connectivity index is 1.66. The van der Waals surface area contributed by atoms with Crippen molar-refractivity contribution in [2.75, 3.05) is 16.4 Å². The molecule has 0 unspecified atom stereocenters. The molecule has 1 amide bonds. The van der Waals surface area contributed by atoms with Crippen LogP contribution in [0.5, 0.6) is 0 Å². The minimum Gasteiger partial charge on any atom is -0.448 e. The molecule has 8 nitrogen and oxygen atoms in total. The SMILES string of the molecule is Cc1nc(C(=O)Nc2ccnc(CNc3cccnc3N)c2)co1. The minimum atomic E-state index is -0.339. The highest BCUT2D eigenvalue weighted by Gasteiger charge is 2.11. The van der Waals surface area contributed by atoms with Crippen molar-refractivity contribution in [2.45, 2.75) is 13.5 Å². The molecule has 0 radical (unpaired) electrons. The van der Waals surface area contributed by atoms with E-state index in [9.17, 15) is 4.79 Å². The Kier molecular flexibility index (Phi) is 4.37. The molecule has 3 heterocycles. The van der Waals surface area contributed by atoms with Crippen LogP contribution in [-0.4, -0.2) is 20.9 Å². The Labute approximate surface area is 138 Å². The van der Waals surface area contributed by atoms with Crippen molar-refractivity contribution in [2.24, 2.45) is 0 Å². The fourth-order valence-electron chi connectivity index (χ4n) is 2.07. The first-order chi connectivity index (χ1) is 11.6. The van der Waals surface area contributed by atoms with E-state index in [4.69, 9.17) is 10.2 Å². The predicted molar refractivity (Wildman–Crippen MR) is 89.4 cm³/mol. The quantitative estimate of drug-likeness (QED) is 0.658. The highest BCUT2D eigenvalue weighted by atomic mass is 16.3. The lowest BCUT2D eigenvalue weighted by Crippen LogP contribution is -2.13. The third-order valence-corrected chi connectivity index (χ3v) is 3.22. The molecule has 3 aromatic rings. The van der Waals surface area contributed by atoms with Crippen LogP contribution in [0.15, 0.2) is 47.3 Å². The summed E-state index contributed by atoms with van der Waals surface area (Å²) in [6.07, 6.45) is 4.56. The number of aromatic nitrogens is 3. The summed E-state index contributed by atoms with van der Waals surface area (Å²) < 4.78 is 5.03. The lowest BCUT2D eigenvalue weighted by Gasteiger charge is -2.09. The van der Waals surface area contributed by atoms with Crippen LogP contribution in [0.1, 0.15) is 22.1 Å². The molecule has 0 aliphatic heterocycles. The van der Waals surface area contributed by atoms with Crippen LogP contribution in [0.4, 0.5) is 17.2 Å². The third kappa shape index (κ3) is 3.67. The highest BCUT2D eigenvalue weighted by molar-refractivity contribution is 6.02. The minimum absolute atomic E-state index is 0.229. The number of amides is 1. The van der Waals surface area contributed by atoms with E-state index in [0.29, 0.717) is 23.9 Å². The second kappa shape index (κ2) is 6.78. The van der Waals surface area contributed by atoms with Crippen LogP contribution < -0.4 is 16.4 Å². The summed E-state index contributed by atoms with van der Waals surface area (Å²) in [7, 11) is 0. The topological polar surface area (TPSA) is 119 Å². The van der Waals surface area contributed by atoms with Gasteiger partial charge in [0.05, 0.1) is 17.9 Å². The van der Waals surface area contributed by atoms with Gasteiger partial charge in [-0.05, 0) is 24.3 Å². The number of hydrogen-bond acceptors (Lipinski definition) is 7. The number of carbonyl (C=O) groups is 1. The summed E-state index contributed by atoms with van der Waals surface area (Å²) in [6, 6.07) is 7.10. The average molecular weight is 324 g/mol. The molecule has 4 N–H and O–H groups in total. The summed E-state index contributed by atoms with van der Waals surface area (Å²) in [5.41, 5.74) is 8.10. The van der Waals surface area contributed by atoms with Crippen LogP contribution >= 0.6 is 0 Å². The van der Waals surface area contributed by atoms with Crippen molar-refractivity contribution < 1.29 is 9.21 Å². The molecule has 0 aliphatic carbocycles. The maximum atomic E-state index is 12.1. The van der Waals surface area contributed by atoms with Crippen molar-refractivity contribution >= 4 is 23.1 Å². The van der Waals surface area contributed by atoms with Gasteiger partial charge in [-0.1, -0.05) is 0 Å². The molecule has 3 rings (SSSR count). The van der Waals surface area contributed by atoms with Crippen molar-refractivity contribution in [1.82, 2.24) is 15.0 Å². The monoisotopic (exact) mass is 324 g/mol. The van der Waals surface area contributed by atoms with Gasteiger partial charge in [0.25, 0.3) is 5.91 Å². The van der Waals surface area contributed by atoms with Gasteiger partial charge in [-0.15, -0.1) is 0 Å². The van der Waals surface area contributed by atoms with E-state index in [0.717, 1.165) is 11.4 Å². The maximum absolute atomic E-state index is 12.1. The number of oxazole rings is 1. The van der Waals surface area contributed by atoms with Gasteiger partial charge >= 0.3 is 0 Å². The number of rotatable bonds is 5. The van der Waals surface area contributed by atoms with Crippen LogP contribution in [0.25, 0.3) is 0 Å². The number of hydrogen-bond donors (Lipinski definition) is 3. The maximum Gasteiger partial charge on any atom is 0.277 e. The number of nitrogens with one attached hydrogen (secondary N) is 2. The molecule has 0 aliphatic rings. The lowest BCUT2D eigenvalue weighted by atomic mass is 10.3. The van der Waals surface area contributed by atoms with Gasteiger partial charge in [-0.25, -0.2) is 9.97 Å². The summed E-state index contributed by atoms with van der Waals surface area (Å²) in [6.45, 7) is 2.12. The molecule has 8 heteroatoms. The summed E-state index contributed by atoms with van der Waals surface area (Å²) >= 11 is 0. The smallest absolute Gasteiger partial charge is 0.277 e. The molecule has 0 saturated heterocycles. The molecule has 0 spiro atoms. The summed E-state index contributed by atoms with van der Waals surface area (Å²) in [5.74, 6) is 0.519. The van der Waals surface area contributed by atoms with E-state index >= 15 is 0 Å². The van der Waals surface area contributed by atoms with Crippen LogP contribution in [0.2, 0.25) is 0 Å². The Hall–Kier alpha value is -3.42. The van der Waals surface area contributed by atoms with Crippen LogP contribution in [0, 0.1) is 6.92 Å². The molecule has 0 aromatic carbocycles. The number of nitrogens with zero attached hydrogens (tertiary/aromatic N) is 3. The number of aryl methyl sites for hydroxylation is 1. The Bertz CT molecular complexity index is 861. The van der Waals surface area contributed by atoms with Gasteiger partial charge in [0.2, 0.25) is 0 Å². The Morgan fingerprint density at radius 2 is 2.17 bits per heavy atom. The van der Waals surface area contributed by atoms with Gasteiger partial charge in [-0.2, -0.15) is 0 Å². The molecule has 122 valence electrons. The molecule has 24 heavy (non-hydrogen) atoms. The van der Waals surface area contributed by atoms with Gasteiger partial charge < -0.3 is 20.8 Å². The number of nitrogen functional groups attached to an aromatic ring is 1. The van der Waals surface area contributed by atoms with Gasteiger partial charge in [0.15, 0.2) is 11.6 Å². The van der Waals surface area contributed by atoms with E-state index in [-0.39, 0.29) is 11.6 Å². The molecular formula is C16H16N6O2. The number of nitrogens with two attached hydrogens (primary N) is 1. The lowest BCUT2D eigenvalue weighted by molar-refractivity contribution is 0.102. The van der Waals surface area contributed by atoms with Crippen molar-refractivity contribution in [3.63, 3.8) is 0 Å². The zero-order chi connectivity index (χ0) is 16.9. The van der Waals surface area contributed by atoms with E-state index in [1.807, 2.05) is 6.07 Å². The molecule has 0 fully saturated rings. The molecule has 0 atom stereocenters. The first kappa shape index (κ1) is 15.5. The summed E-state index contributed by atoms with van der Waals surface area (Å²) in [4.78, 5) is 24.3. The van der Waals surface area contributed by atoms with Crippen LogP contribution in [-0.2, 0) is 6.54 Å². The average Bonchev–Trinajstić information content (AvgIpc) is 3.01. The normalized spacial score (nSPS) is 10.4. The Morgan fingerprint density at radius 1 is 1.29 bits per heavy atom. The van der Waals surface area contributed by atoms with E-state index < -0.39 is 0 Å². The van der Waals surface area contributed by atoms with Crippen molar-refractivity contribution in [1.29, 1.82) is 0 Å². The fourth-order valence-corrected chi connectivity index (χ4v) is 2.07. The molecular weight excluding hydrogens is 308 g/mol. The van der Waals surface area contributed by atoms with E-state index in [1.54, 1.807) is 37.5 Å². The van der Waals surface area contributed by atoms with E-state index in [1.165, 1.54) is 6.26 Å². The molecule has 0 saturated carbocycles. The fraction of sp³-hybridized carbons (Fsp3) is 0.125. The predicted octanol–water partition coefficient (Wildman–Crippen LogP) is 2.22. The standard InChI is InChI=1S/C16H16N6O2/c1-10-21-14(9-24-10)16(23)22-11-4-6-18-12(7-11)8-20-13-3-2-5-19-15(13)17/h2-7,9,20H,8H2,1H3,(H2,17,19)(H,18,22,23). The second-order valence-corrected chi connectivity index (χ2v) is 5.03. The van der Waals surface area contributed by atoms with Gasteiger partial charge in [0.1, 0.15) is 12.1 Å². The summed E-state index contributed by atoms with van der Waals surface area (Å²) in [5, 5.41) is 5.91.